The summed E-state index contributed by atoms with van der Waals surface area (Å²) in [4.78, 5) is 22.8. The van der Waals surface area contributed by atoms with Gasteiger partial charge in [0.15, 0.2) is 5.69 Å². The van der Waals surface area contributed by atoms with E-state index >= 15 is 0 Å². The zero-order chi connectivity index (χ0) is 19.5. The number of thioether (sulfide) groups is 2. The Balaban J connectivity index is 1.46. The molecule has 1 aliphatic heterocycles. The first-order valence-corrected chi connectivity index (χ1v) is 10.6. The molecule has 28 heavy (non-hydrogen) atoms. The van der Waals surface area contributed by atoms with Crippen LogP contribution in [0.3, 0.4) is 0 Å². The Morgan fingerprint density at radius 1 is 1.14 bits per heavy atom. The van der Waals surface area contributed by atoms with Crippen molar-refractivity contribution in [2.24, 2.45) is 0 Å². The number of benzene rings is 2. The van der Waals surface area contributed by atoms with Gasteiger partial charge in [0.25, 0.3) is 5.69 Å². The highest BCUT2D eigenvalue weighted by Gasteiger charge is 2.19. The molecule has 2 aromatic carbocycles. The number of rotatable bonds is 5. The monoisotopic (exact) mass is 413 g/mol. The molecule has 0 unspecified atom stereocenters. The van der Waals surface area contributed by atoms with Crippen molar-refractivity contribution in [2.45, 2.75) is 4.58 Å². The fourth-order valence-corrected chi connectivity index (χ4v) is 5.59. The van der Waals surface area contributed by atoms with Crippen LogP contribution in [0.25, 0.3) is 5.69 Å². The van der Waals surface area contributed by atoms with Gasteiger partial charge in [0.05, 0.1) is 15.2 Å². The Morgan fingerprint density at radius 2 is 1.89 bits per heavy atom. The maximum absolute atomic E-state index is 12.4. The lowest BCUT2D eigenvalue weighted by Gasteiger charge is -2.09. The summed E-state index contributed by atoms with van der Waals surface area (Å²) in [7, 11) is 0. The molecule has 3 aromatic rings. The lowest BCUT2D eigenvalue weighted by molar-refractivity contribution is -0.384. The SMILES string of the molecule is O=C(Oc1ccc(C2SCCS2)cc1)c1ccn(-c2cccc([N+](=O)[O-])c2)n1. The van der Waals surface area contributed by atoms with Crippen molar-refractivity contribution in [3.8, 4) is 11.4 Å². The van der Waals surface area contributed by atoms with Crippen molar-refractivity contribution in [2.75, 3.05) is 11.5 Å². The molecule has 9 heteroatoms. The van der Waals surface area contributed by atoms with Crippen molar-refractivity contribution in [3.05, 3.63) is 82.2 Å². The number of nitrogens with zero attached hydrogens (tertiary/aromatic N) is 3. The van der Waals surface area contributed by atoms with Crippen LogP contribution < -0.4 is 4.74 Å². The topological polar surface area (TPSA) is 87.3 Å². The van der Waals surface area contributed by atoms with Crippen LogP contribution in [0.1, 0.15) is 20.6 Å². The first-order valence-electron chi connectivity index (χ1n) is 8.46. The van der Waals surface area contributed by atoms with E-state index < -0.39 is 10.9 Å². The quantitative estimate of drug-likeness (QED) is 0.264. The highest BCUT2D eigenvalue weighted by molar-refractivity contribution is 8.19. The lowest BCUT2D eigenvalue weighted by Crippen LogP contribution is -2.10. The van der Waals surface area contributed by atoms with Crippen LogP contribution in [-0.2, 0) is 0 Å². The summed E-state index contributed by atoms with van der Waals surface area (Å²) in [5.41, 5.74) is 1.78. The number of nitro benzene ring substituents is 1. The fourth-order valence-electron chi connectivity index (χ4n) is 2.73. The average Bonchev–Trinajstić information content (AvgIpc) is 3.41. The predicted octanol–water partition coefficient (Wildman–Crippen LogP) is 4.48. The second-order valence-electron chi connectivity index (χ2n) is 5.95. The Labute approximate surface area is 169 Å². The molecule has 0 bridgehead atoms. The molecule has 0 atom stereocenters. The number of carbonyl (C=O) groups excluding carboxylic acids is 1. The van der Waals surface area contributed by atoms with E-state index in [9.17, 15) is 14.9 Å². The summed E-state index contributed by atoms with van der Waals surface area (Å²) in [6.07, 6.45) is 1.56. The molecular formula is C19H15N3O4S2. The van der Waals surface area contributed by atoms with E-state index in [4.69, 9.17) is 4.74 Å². The van der Waals surface area contributed by atoms with E-state index in [1.807, 2.05) is 35.7 Å². The van der Waals surface area contributed by atoms with Crippen LogP contribution in [0.2, 0.25) is 0 Å². The number of nitro groups is 1. The van der Waals surface area contributed by atoms with Crippen LogP contribution in [0.15, 0.2) is 60.8 Å². The van der Waals surface area contributed by atoms with Crippen molar-refractivity contribution >= 4 is 35.2 Å². The molecule has 7 nitrogen and oxygen atoms in total. The van der Waals surface area contributed by atoms with Gasteiger partial charge in [0.1, 0.15) is 5.75 Å². The normalized spacial score (nSPS) is 14.1. The summed E-state index contributed by atoms with van der Waals surface area (Å²) >= 11 is 3.83. The minimum Gasteiger partial charge on any atom is -0.422 e. The highest BCUT2D eigenvalue weighted by Crippen LogP contribution is 2.45. The van der Waals surface area contributed by atoms with Crippen LogP contribution in [0, 0.1) is 10.1 Å². The molecule has 4 rings (SSSR count). The van der Waals surface area contributed by atoms with E-state index in [1.54, 1.807) is 30.5 Å². The first kappa shape index (κ1) is 18.6. The number of hydrogen-bond acceptors (Lipinski definition) is 7. The molecule has 1 aromatic heterocycles. The Bertz CT molecular complexity index is 1010. The van der Waals surface area contributed by atoms with Gasteiger partial charge in [-0.05, 0) is 29.8 Å². The smallest absolute Gasteiger partial charge is 0.364 e. The van der Waals surface area contributed by atoms with Crippen LogP contribution in [0.5, 0.6) is 5.75 Å². The van der Waals surface area contributed by atoms with Gasteiger partial charge in [-0.15, -0.1) is 23.5 Å². The molecule has 1 fully saturated rings. The zero-order valence-corrected chi connectivity index (χ0v) is 16.2. The van der Waals surface area contributed by atoms with E-state index in [-0.39, 0.29) is 11.4 Å². The van der Waals surface area contributed by atoms with Crippen LogP contribution in [0.4, 0.5) is 5.69 Å². The van der Waals surface area contributed by atoms with Gasteiger partial charge < -0.3 is 4.74 Å². The fraction of sp³-hybridized carbons (Fsp3) is 0.158. The Hall–Kier alpha value is -2.78. The van der Waals surface area contributed by atoms with E-state index in [0.717, 1.165) is 11.5 Å². The number of aromatic nitrogens is 2. The third-order valence-corrected chi connectivity index (χ3v) is 7.19. The van der Waals surface area contributed by atoms with Gasteiger partial charge in [-0.2, -0.15) is 5.10 Å². The summed E-state index contributed by atoms with van der Waals surface area (Å²) in [6, 6.07) is 15.0. The summed E-state index contributed by atoms with van der Waals surface area (Å²) in [5.74, 6) is 2.17. The number of ether oxygens (including phenoxy) is 1. The second-order valence-corrected chi connectivity index (χ2v) is 8.68. The summed E-state index contributed by atoms with van der Waals surface area (Å²) in [6.45, 7) is 0. The molecule has 1 saturated heterocycles. The lowest BCUT2D eigenvalue weighted by atomic mass is 10.2. The largest absolute Gasteiger partial charge is 0.422 e. The molecule has 0 saturated carbocycles. The second kappa shape index (κ2) is 8.07. The standard InChI is InChI=1S/C19H15N3O4S2/c23-18(26-16-6-4-13(5-7-16)19-27-10-11-28-19)17-8-9-21(20-17)14-2-1-3-15(12-14)22(24)25/h1-9,12,19H,10-11H2. The van der Waals surface area contributed by atoms with Crippen molar-refractivity contribution in [1.29, 1.82) is 0 Å². The molecule has 0 N–H and O–H groups in total. The molecular weight excluding hydrogens is 398 g/mol. The zero-order valence-electron chi connectivity index (χ0n) is 14.6. The number of non-ortho nitro benzene ring substituents is 1. The number of hydrogen-bond donors (Lipinski definition) is 0. The molecule has 142 valence electrons. The minimum atomic E-state index is -0.582. The molecule has 0 spiro atoms. The van der Waals surface area contributed by atoms with E-state index in [1.165, 1.54) is 28.4 Å². The van der Waals surface area contributed by atoms with Gasteiger partial charge in [-0.25, -0.2) is 9.48 Å². The predicted molar refractivity (Wildman–Crippen MR) is 109 cm³/mol. The van der Waals surface area contributed by atoms with Crippen molar-refractivity contribution < 1.29 is 14.5 Å². The minimum absolute atomic E-state index is 0.0456. The number of esters is 1. The van der Waals surface area contributed by atoms with Crippen molar-refractivity contribution in [1.82, 2.24) is 9.78 Å². The van der Waals surface area contributed by atoms with Gasteiger partial charge in [-0.1, -0.05) is 18.2 Å². The van der Waals surface area contributed by atoms with Gasteiger partial charge in [-0.3, -0.25) is 10.1 Å². The molecule has 0 aliphatic carbocycles. The Morgan fingerprint density at radius 3 is 2.61 bits per heavy atom. The van der Waals surface area contributed by atoms with Gasteiger partial charge in [0, 0.05) is 29.8 Å². The molecule has 1 aliphatic rings. The maximum atomic E-state index is 12.4. The molecule has 0 radical (unpaired) electrons. The maximum Gasteiger partial charge on any atom is 0.364 e. The number of carbonyl (C=O) groups is 1. The third-order valence-electron chi connectivity index (χ3n) is 4.09. The van der Waals surface area contributed by atoms with Crippen LogP contribution in [-0.4, -0.2) is 32.2 Å². The molecule has 2 heterocycles. The van der Waals surface area contributed by atoms with E-state index in [2.05, 4.69) is 5.10 Å². The van der Waals surface area contributed by atoms with Gasteiger partial charge >= 0.3 is 5.97 Å². The average molecular weight is 413 g/mol. The van der Waals surface area contributed by atoms with E-state index in [0.29, 0.717) is 16.0 Å². The highest BCUT2D eigenvalue weighted by atomic mass is 32.2. The van der Waals surface area contributed by atoms with Crippen LogP contribution >= 0.6 is 23.5 Å². The summed E-state index contributed by atoms with van der Waals surface area (Å²) in [5, 5.41) is 15.1. The molecule has 0 amide bonds. The summed E-state index contributed by atoms with van der Waals surface area (Å²) < 4.78 is 7.24. The first-order chi connectivity index (χ1) is 13.6. The van der Waals surface area contributed by atoms with Gasteiger partial charge in [0.2, 0.25) is 0 Å². The Kier molecular flexibility index (Phi) is 5.36. The van der Waals surface area contributed by atoms with Crippen molar-refractivity contribution in [3.63, 3.8) is 0 Å². The third kappa shape index (κ3) is 4.05.